The zero-order chi connectivity index (χ0) is 30.8. The molecule has 7 nitrogen and oxygen atoms in total. The predicted octanol–water partition coefficient (Wildman–Crippen LogP) is 6.89. The number of carbonyl (C=O) groups excluding carboxylic acids is 2. The fourth-order valence-corrected chi connectivity index (χ4v) is 5.61. The SMILES string of the molecule is COc1cc(CCC(=O)C(CCO)C(=O)CCCCCCc2cccc(O)c2-c2ccc3cc(O)ccc3c2)ccc1O. The summed E-state index contributed by atoms with van der Waals surface area (Å²) in [4.78, 5) is 25.8. The molecule has 4 aromatic rings. The van der Waals surface area contributed by atoms with Gasteiger partial charge in [0.2, 0.25) is 0 Å². The van der Waals surface area contributed by atoms with E-state index in [1.54, 1.807) is 30.3 Å². The highest BCUT2D eigenvalue weighted by atomic mass is 16.5. The summed E-state index contributed by atoms with van der Waals surface area (Å²) in [6, 6.07) is 21.6. The van der Waals surface area contributed by atoms with Gasteiger partial charge in [0.25, 0.3) is 0 Å². The Morgan fingerprint density at radius 3 is 2.28 bits per heavy atom. The number of rotatable bonds is 16. The van der Waals surface area contributed by atoms with Crippen molar-refractivity contribution in [1.29, 1.82) is 0 Å². The largest absolute Gasteiger partial charge is 0.508 e. The second kappa shape index (κ2) is 15.2. The molecule has 4 rings (SSSR count). The highest BCUT2D eigenvalue weighted by Gasteiger charge is 2.25. The van der Waals surface area contributed by atoms with Crippen LogP contribution in [0.1, 0.15) is 56.1 Å². The Balaban J connectivity index is 1.26. The van der Waals surface area contributed by atoms with Gasteiger partial charge in [-0.1, -0.05) is 49.2 Å². The van der Waals surface area contributed by atoms with E-state index in [4.69, 9.17) is 4.74 Å². The number of aliphatic hydroxyl groups excluding tert-OH is 1. The normalized spacial score (nSPS) is 11.9. The minimum atomic E-state index is -0.801. The van der Waals surface area contributed by atoms with Crippen molar-refractivity contribution in [1.82, 2.24) is 0 Å². The first-order valence-electron chi connectivity index (χ1n) is 14.9. The number of hydrogen-bond donors (Lipinski definition) is 4. The average Bonchev–Trinajstić information content (AvgIpc) is 3.00. The van der Waals surface area contributed by atoms with Crippen LogP contribution >= 0.6 is 0 Å². The smallest absolute Gasteiger partial charge is 0.160 e. The molecule has 4 aromatic carbocycles. The predicted molar refractivity (Wildman–Crippen MR) is 168 cm³/mol. The van der Waals surface area contributed by atoms with E-state index in [0.29, 0.717) is 25.0 Å². The van der Waals surface area contributed by atoms with Gasteiger partial charge >= 0.3 is 0 Å². The molecule has 0 aliphatic carbocycles. The topological polar surface area (TPSA) is 124 Å². The van der Waals surface area contributed by atoms with E-state index < -0.39 is 5.92 Å². The van der Waals surface area contributed by atoms with Crippen LogP contribution in [0.25, 0.3) is 21.9 Å². The standard InChI is InChI=1S/C36H40O7/c1-43-35-21-24(12-18-33(35)41)11-17-32(40)30(19-20-37)31(39)9-5-3-2-4-7-25-8-6-10-34(42)36(25)28-14-13-27-23-29(38)16-15-26(27)22-28/h6,8,10,12-16,18,21-23,30,37-38,41-42H,2-5,7,9,11,17,19-20H2,1H3. The van der Waals surface area contributed by atoms with E-state index in [1.165, 1.54) is 13.2 Å². The van der Waals surface area contributed by atoms with Gasteiger partial charge in [-0.15, -0.1) is 0 Å². The van der Waals surface area contributed by atoms with Crippen LogP contribution in [0.2, 0.25) is 0 Å². The van der Waals surface area contributed by atoms with E-state index in [0.717, 1.165) is 58.7 Å². The Morgan fingerprint density at radius 2 is 1.49 bits per heavy atom. The summed E-state index contributed by atoms with van der Waals surface area (Å²) >= 11 is 0. The van der Waals surface area contributed by atoms with E-state index in [9.17, 15) is 30.0 Å². The molecule has 0 amide bonds. The maximum atomic E-state index is 12.9. The van der Waals surface area contributed by atoms with Crippen LogP contribution in [0.15, 0.2) is 72.8 Å². The van der Waals surface area contributed by atoms with E-state index in [2.05, 4.69) is 0 Å². The molecule has 0 aromatic heterocycles. The third-order valence-corrected chi connectivity index (χ3v) is 7.96. The minimum Gasteiger partial charge on any atom is -0.508 e. The summed E-state index contributed by atoms with van der Waals surface area (Å²) in [5.74, 6) is -0.289. The van der Waals surface area contributed by atoms with Gasteiger partial charge in [0.15, 0.2) is 11.5 Å². The lowest BCUT2D eigenvalue weighted by Gasteiger charge is -2.14. The number of benzene rings is 4. The van der Waals surface area contributed by atoms with Crippen LogP contribution in [-0.2, 0) is 22.4 Å². The number of fused-ring (bicyclic) bond motifs is 1. The Kier molecular flexibility index (Phi) is 11.2. The molecule has 0 radical (unpaired) electrons. The van der Waals surface area contributed by atoms with E-state index in [1.807, 2.05) is 36.4 Å². The Morgan fingerprint density at radius 1 is 0.744 bits per heavy atom. The molecule has 0 saturated heterocycles. The number of ether oxygens (including phenoxy) is 1. The maximum Gasteiger partial charge on any atom is 0.160 e. The molecular formula is C36H40O7. The summed E-state index contributed by atoms with van der Waals surface area (Å²) in [5, 5.41) is 41.6. The van der Waals surface area contributed by atoms with Crippen molar-refractivity contribution in [2.24, 2.45) is 5.92 Å². The molecule has 0 saturated carbocycles. The Hall–Kier alpha value is -4.36. The molecule has 1 unspecified atom stereocenters. The number of aryl methyl sites for hydroxylation is 2. The molecule has 1 atom stereocenters. The number of methoxy groups -OCH3 is 1. The number of phenols is 3. The lowest BCUT2D eigenvalue weighted by Crippen LogP contribution is -2.25. The molecule has 43 heavy (non-hydrogen) atoms. The van der Waals surface area contributed by atoms with Crippen molar-refractivity contribution in [2.75, 3.05) is 13.7 Å². The van der Waals surface area contributed by atoms with Crippen molar-refractivity contribution in [3.63, 3.8) is 0 Å². The first kappa shape index (κ1) is 31.6. The van der Waals surface area contributed by atoms with Crippen molar-refractivity contribution in [3.05, 3.63) is 83.9 Å². The second-order valence-corrected chi connectivity index (χ2v) is 11.0. The highest BCUT2D eigenvalue weighted by Crippen LogP contribution is 2.36. The summed E-state index contributed by atoms with van der Waals surface area (Å²) in [5.41, 5.74) is 3.60. The van der Waals surface area contributed by atoms with Crippen molar-refractivity contribution in [3.8, 4) is 34.1 Å². The zero-order valence-electron chi connectivity index (χ0n) is 24.6. The van der Waals surface area contributed by atoms with Crippen LogP contribution < -0.4 is 4.74 Å². The van der Waals surface area contributed by atoms with Gasteiger partial charge in [0, 0.05) is 25.0 Å². The number of unbranched alkanes of at least 4 members (excludes halogenated alkanes) is 3. The monoisotopic (exact) mass is 584 g/mol. The van der Waals surface area contributed by atoms with Gasteiger partial charge in [0.05, 0.1) is 13.0 Å². The molecular weight excluding hydrogens is 544 g/mol. The summed E-state index contributed by atoms with van der Waals surface area (Å²) in [6.07, 6.45) is 5.11. The number of aromatic hydroxyl groups is 3. The van der Waals surface area contributed by atoms with Crippen molar-refractivity contribution >= 4 is 22.3 Å². The summed E-state index contributed by atoms with van der Waals surface area (Å²) in [7, 11) is 1.46. The number of phenolic OH excluding ortho intramolecular Hbond substituents is 3. The van der Waals surface area contributed by atoms with Gasteiger partial charge in [0.1, 0.15) is 23.1 Å². The highest BCUT2D eigenvalue weighted by molar-refractivity contribution is 6.02. The molecule has 0 heterocycles. The number of carbonyl (C=O) groups is 2. The molecule has 0 spiro atoms. The first-order valence-corrected chi connectivity index (χ1v) is 14.9. The van der Waals surface area contributed by atoms with Crippen LogP contribution in [0.4, 0.5) is 0 Å². The first-order chi connectivity index (χ1) is 20.8. The van der Waals surface area contributed by atoms with Crippen LogP contribution in [0.3, 0.4) is 0 Å². The summed E-state index contributed by atoms with van der Waals surface area (Å²) in [6.45, 7) is -0.221. The van der Waals surface area contributed by atoms with Crippen LogP contribution in [0, 0.1) is 5.92 Å². The third kappa shape index (κ3) is 8.36. The molecule has 4 N–H and O–H groups in total. The van der Waals surface area contributed by atoms with Crippen molar-refractivity contribution < 1.29 is 34.8 Å². The Labute approximate surface area is 252 Å². The number of hydrogen-bond acceptors (Lipinski definition) is 7. The number of ketones is 2. The molecule has 0 aliphatic heterocycles. The third-order valence-electron chi connectivity index (χ3n) is 7.96. The van der Waals surface area contributed by atoms with Gasteiger partial charge in [-0.2, -0.15) is 0 Å². The Bertz CT molecular complexity index is 1560. The number of aliphatic hydroxyl groups is 1. The summed E-state index contributed by atoms with van der Waals surface area (Å²) < 4.78 is 5.12. The fraction of sp³-hybridized carbons (Fsp3) is 0.333. The van der Waals surface area contributed by atoms with E-state index >= 15 is 0 Å². The van der Waals surface area contributed by atoms with E-state index in [-0.39, 0.29) is 48.3 Å². The average molecular weight is 585 g/mol. The second-order valence-electron chi connectivity index (χ2n) is 11.0. The maximum absolute atomic E-state index is 12.9. The number of Topliss-reactive ketones (excluding diaryl/α,β-unsaturated/α-hetero) is 2. The van der Waals surface area contributed by atoms with Gasteiger partial charge < -0.3 is 25.2 Å². The molecule has 0 aliphatic rings. The minimum absolute atomic E-state index is 0.0285. The lowest BCUT2D eigenvalue weighted by molar-refractivity contribution is -0.133. The quantitative estimate of drug-likeness (QED) is 0.0835. The molecule has 0 bridgehead atoms. The van der Waals surface area contributed by atoms with Gasteiger partial charge in [-0.25, -0.2) is 0 Å². The lowest BCUT2D eigenvalue weighted by atomic mass is 9.89. The van der Waals surface area contributed by atoms with Crippen LogP contribution in [0.5, 0.6) is 23.0 Å². The van der Waals surface area contributed by atoms with Crippen LogP contribution in [-0.4, -0.2) is 45.7 Å². The molecule has 226 valence electrons. The molecule has 7 heteroatoms. The van der Waals surface area contributed by atoms with Gasteiger partial charge in [-0.05, 0) is 96.0 Å². The zero-order valence-corrected chi connectivity index (χ0v) is 24.6. The van der Waals surface area contributed by atoms with Gasteiger partial charge in [-0.3, -0.25) is 9.59 Å². The fourth-order valence-electron chi connectivity index (χ4n) is 5.61. The van der Waals surface area contributed by atoms with Crippen molar-refractivity contribution in [2.45, 2.75) is 57.8 Å². The molecule has 0 fully saturated rings.